The Morgan fingerprint density at radius 2 is 2.29 bits per heavy atom. The van der Waals surface area contributed by atoms with Crippen LogP contribution in [-0.4, -0.2) is 19.8 Å². The van der Waals surface area contributed by atoms with Crippen molar-refractivity contribution in [3.05, 3.63) is 22.2 Å². The predicted octanol–water partition coefficient (Wildman–Crippen LogP) is 2.15. The highest BCUT2D eigenvalue weighted by Crippen LogP contribution is 2.39. The van der Waals surface area contributed by atoms with Gasteiger partial charge in [0.25, 0.3) is 0 Å². The molecule has 0 saturated carbocycles. The van der Waals surface area contributed by atoms with Crippen LogP contribution in [0.1, 0.15) is 5.56 Å². The van der Waals surface area contributed by atoms with Crippen LogP contribution in [0.4, 0.5) is 0 Å². The Morgan fingerprint density at radius 1 is 1.50 bits per heavy atom. The van der Waals surface area contributed by atoms with Crippen LogP contribution in [0.5, 0.6) is 11.5 Å². The maximum atomic E-state index is 7.50. The van der Waals surface area contributed by atoms with Gasteiger partial charge in [0.2, 0.25) is 12.7 Å². The number of hydrogen-bond acceptors (Lipinski definition) is 4. The van der Waals surface area contributed by atoms with E-state index in [9.17, 15) is 0 Å². The van der Waals surface area contributed by atoms with Crippen LogP contribution in [0.25, 0.3) is 0 Å². The average Bonchev–Trinajstić information content (AvgIpc) is 2.64. The molecule has 0 radical (unpaired) electrons. The first kappa shape index (κ1) is 9.33. The normalized spacial score (nSPS) is 12.7. The molecular weight excluding hydrogens is 250 g/mol. The molecule has 1 aromatic rings. The van der Waals surface area contributed by atoms with E-state index in [1.807, 2.05) is 0 Å². The minimum Gasteiger partial charge on any atom is -0.481 e. The minimum absolute atomic E-state index is 0.101. The molecule has 4 nitrogen and oxygen atoms in total. The highest BCUT2D eigenvalue weighted by Gasteiger charge is 2.19. The lowest BCUT2D eigenvalue weighted by molar-refractivity contribution is 0.173. The second-order valence-corrected chi connectivity index (χ2v) is 3.58. The summed E-state index contributed by atoms with van der Waals surface area (Å²) in [5.74, 6) is 1.41. The Balaban J connectivity index is 2.46. The van der Waals surface area contributed by atoms with Crippen LogP contribution in [0, 0.1) is 5.41 Å². The van der Waals surface area contributed by atoms with Gasteiger partial charge in [0.15, 0.2) is 11.5 Å². The Hall–Kier alpha value is -1.23. The molecule has 2 rings (SSSR count). The summed E-state index contributed by atoms with van der Waals surface area (Å²) in [7, 11) is 1.46. The third-order valence-corrected chi connectivity index (χ3v) is 2.48. The van der Waals surface area contributed by atoms with Gasteiger partial charge in [-0.15, -0.1) is 0 Å². The van der Waals surface area contributed by atoms with Crippen LogP contribution in [-0.2, 0) is 4.74 Å². The summed E-state index contributed by atoms with van der Waals surface area (Å²) in [4.78, 5) is 0. The fourth-order valence-corrected chi connectivity index (χ4v) is 1.77. The van der Waals surface area contributed by atoms with Gasteiger partial charge in [-0.25, -0.2) is 0 Å². The van der Waals surface area contributed by atoms with Crippen molar-refractivity contribution in [2.24, 2.45) is 0 Å². The number of methoxy groups -OCH3 is 1. The second kappa shape index (κ2) is 3.49. The zero-order valence-electron chi connectivity index (χ0n) is 7.46. The van der Waals surface area contributed by atoms with Gasteiger partial charge < -0.3 is 14.2 Å². The van der Waals surface area contributed by atoms with Gasteiger partial charge in [-0.2, -0.15) is 0 Å². The van der Waals surface area contributed by atoms with E-state index in [2.05, 4.69) is 15.9 Å². The molecule has 0 saturated heterocycles. The standard InChI is InChI=1S/C9H8BrNO3/c1-12-9(11)5-2-6(10)8-7(3-5)13-4-14-8/h2-3,11H,4H2,1H3. The predicted molar refractivity (Wildman–Crippen MR) is 54.1 cm³/mol. The summed E-state index contributed by atoms with van der Waals surface area (Å²) >= 11 is 3.34. The maximum absolute atomic E-state index is 7.50. The van der Waals surface area contributed by atoms with Gasteiger partial charge in [-0.3, -0.25) is 5.41 Å². The molecule has 0 unspecified atom stereocenters. The number of halogens is 1. The number of hydrogen-bond donors (Lipinski definition) is 1. The van der Waals surface area contributed by atoms with Crippen LogP contribution >= 0.6 is 15.9 Å². The number of rotatable bonds is 1. The van der Waals surface area contributed by atoms with Crippen molar-refractivity contribution in [2.45, 2.75) is 0 Å². The van der Waals surface area contributed by atoms with Crippen LogP contribution in [0.3, 0.4) is 0 Å². The average molecular weight is 258 g/mol. The van der Waals surface area contributed by atoms with Gasteiger partial charge in [-0.1, -0.05) is 0 Å². The summed E-state index contributed by atoms with van der Waals surface area (Å²) in [6, 6.07) is 3.48. The molecule has 1 heterocycles. The van der Waals surface area contributed by atoms with Gasteiger partial charge >= 0.3 is 0 Å². The van der Waals surface area contributed by atoms with Crippen molar-refractivity contribution < 1.29 is 14.2 Å². The minimum atomic E-state index is 0.101. The van der Waals surface area contributed by atoms with Crippen LogP contribution < -0.4 is 9.47 Å². The summed E-state index contributed by atoms with van der Waals surface area (Å²) in [5, 5.41) is 7.50. The van der Waals surface area contributed by atoms with Crippen LogP contribution in [0.15, 0.2) is 16.6 Å². The molecule has 1 aliphatic heterocycles. The van der Waals surface area contributed by atoms with Crippen molar-refractivity contribution in [3.8, 4) is 11.5 Å². The highest BCUT2D eigenvalue weighted by molar-refractivity contribution is 9.10. The Kier molecular flexibility index (Phi) is 2.33. The van der Waals surface area contributed by atoms with Gasteiger partial charge in [0, 0.05) is 5.56 Å². The third kappa shape index (κ3) is 1.43. The van der Waals surface area contributed by atoms with Crippen molar-refractivity contribution in [1.82, 2.24) is 0 Å². The van der Waals surface area contributed by atoms with Gasteiger partial charge in [0.1, 0.15) is 0 Å². The molecule has 0 bridgehead atoms. The molecule has 0 amide bonds. The van der Waals surface area contributed by atoms with E-state index in [1.54, 1.807) is 12.1 Å². The highest BCUT2D eigenvalue weighted by atomic mass is 79.9. The zero-order valence-corrected chi connectivity index (χ0v) is 9.05. The second-order valence-electron chi connectivity index (χ2n) is 2.73. The van der Waals surface area contributed by atoms with E-state index in [4.69, 9.17) is 19.6 Å². The molecule has 0 aliphatic carbocycles. The summed E-state index contributed by atoms with van der Waals surface area (Å²) < 4.78 is 16.0. The topological polar surface area (TPSA) is 51.5 Å². The maximum Gasteiger partial charge on any atom is 0.231 e. The smallest absolute Gasteiger partial charge is 0.231 e. The molecular formula is C9H8BrNO3. The van der Waals surface area contributed by atoms with E-state index in [-0.39, 0.29) is 12.7 Å². The summed E-state index contributed by atoms with van der Waals surface area (Å²) in [6.07, 6.45) is 0. The lowest BCUT2D eigenvalue weighted by atomic mass is 10.2. The van der Waals surface area contributed by atoms with Crippen molar-refractivity contribution >= 4 is 21.8 Å². The molecule has 0 fully saturated rings. The molecule has 0 atom stereocenters. The summed E-state index contributed by atoms with van der Waals surface area (Å²) in [5.41, 5.74) is 0.656. The molecule has 74 valence electrons. The number of nitrogens with one attached hydrogen (secondary N) is 1. The lowest BCUT2D eigenvalue weighted by Crippen LogP contribution is -2.00. The first-order valence-corrected chi connectivity index (χ1v) is 4.73. The Morgan fingerprint density at radius 3 is 3.00 bits per heavy atom. The quantitative estimate of drug-likeness (QED) is 0.620. The number of ether oxygens (including phenoxy) is 3. The Bertz CT molecular complexity index is 392. The SMILES string of the molecule is COC(=N)c1cc(Br)c2c(c1)OCO2. The monoisotopic (exact) mass is 257 g/mol. The molecule has 0 spiro atoms. The van der Waals surface area contributed by atoms with Crippen molar-refractivity contribution in [2.75, 3.05) is 13.9 Å². The third-order valence-electron chi connectivity index (χ3n) is 1.89. The molecule has 1 N–H and O–H groups in total. The molecule has 0 aromatic heterocycles. The van der Waals surface area contributed by atoms with Crippen LogP contribution in [0.2, 0.25) is 0 Å². The van der Waals surface area contributed by atoms with Gasteiger partial charge in [-0.05, 0) is 28.1 Å². The molecule has 5 heteroatoms. The fourth-order valence-electron chi connectivity index (χ4n) is 1.22. The molecule has 1 aliphatic rings. The zero-order chi connectivity index (χ0) is 10.1. The number of fused-ring (bicyclic) bond motifs is 1. The molecule has 14 heavy (non-hydrogen) atoms. The lowest BCUT2D eigenvalue weighted by Gasteiger charge is -2.05. The van der Waals surface area contributed by atoms with E-state index in [1.165, 1.54) is 7.11 Å². The van der Waals surface area contributed by atoms with E-state index in [0.29, 0.717) is 17.1 Å². The fraction of sp³-hybridized carbons (Fsp3) is 0.222. The van der Waals surface area contributed by atoms with Gasteiger partial charge in [0.05, 0.1) is 11.6 Å². The molecule has 1 aromatic carbocycles. The first-order chi connectivity index (χ1) is 6.72. The van der Waals surface area contributed by atoms with E-state index < -0.39 is 0 Å². The summed E-state index contributed by atoms with van der Waals surface area (Å²) in [6.45, 7) is 0.220. The first-order valence-electron chi connectivity index (χ1n) is 3.94. The van der Waals surface area contributed by atoms with E-state index in [0.717, 1.165) is 4.47 Å². The Labute approximate surface area is 89.4 Å². The van der Waals surface area contributed by atoms with E-state index >= 15 is 0 Å². The van der Waals surface area contributed by atoms with Crippen molar-refractivity contribution in [3.63, 3.8) is 0 Å². The number of benzene rings is 1. The van der Waals surface area contributed by atoms with Crippen molar-refractivity contribution in [1.29, 1.82) is 5.41 Å². The largest absolute Gasteiger partial charge is 0.481 e.